The van der Waals surface area contributed by atoms with Gasteiger partial charge in [-0.25, -0.2) is 8.93 Å². The maximum absolute atomic E-state index is 10.8. The van der Waals surface area contributed by atoms with Gasteiger partial charge in [0.05, 0.1) is 11.7 Å². The summed E-state index contributed by atoms with van der Waals surface area (Å²) in [6.45, 7) is 3.35. The number of anilines is 1. The molecule has 1 aromatic heterocycles. The number of hydrogen-bond acceptors (Lipinski definition) is 4. The Balaban J connectivity index is 1.35. The van der Waals surface area contributed by atoms with Gasteiger partial charge in [-0.1, -0.05) is 24.3 Å². The Kier molecular flexibility index (Phi) is 6.01. The second kappa shape index (κ2) is 8.83. The molecule has 148 valence electrons. The lowest BCUT2D eigenvalue weighted by Gasteiger charge is -2.33. The van der Waals surface area contributed by atoms with Gasteiger partial charge < -0.3 is 5.32 Å². The molecule has 0 bridgehead atoms. The molecule has 1 saturated heterocycles. The summed E-state index contributed by atoms with van der Waals surface area (Å²) in [5, 5.41) is 11.9. The molecule has 1 fully saturated rings. The Morgan fingerprint density at radius 1 is 1.25 bits per heavy atom. The van der Waals surface area contributed by atoms with E-state index in [0.717, 1.165) is 54.6 Å². The van der Waals surface area contributed by atoms with Crippen LogP contribution in [-0.2, 0) is 24.4 Å². The second-order valence-corrected chi connectivity index (χ2v) is 8.07. The maximum atomic E-state index is 10.8. The number of rotatable bonds is 7. The molecule has 0 spiro atoms. The predicted octanol–water partition coefficient (Wildman–Crippen LogP) is 2.87. The van der Waals surface area contributed by atoms with Crippen LogP contribution in [0.4, 0.5) is 5.69 Å². The highest BCUT2D eigenvalue weighted by Gasteiger charge is 2.20. The second-order valence-electron chi connectivity index (χ2n) is 7.28. The molecule has 4 N–H and O–H groups in total. The molecular formula is C20H25N5O2S. The summed E-state index contributed by atoms with van der Waals surface area (Å²) < 4.78 is 22.2. The van der Waals surface area contributed by atoms with Crippen molar-refractivity contribution in [3.05, 3.63) is 59.8 Å². The highest BCUT2D eigenvalue weighted by molar-refractivity contribution is 7.77. The fourth-order valence-electron chi connectivity index (χ4n) is 3.83. The molecule has 0 saturated carbocycles. The minimum atomic E-state index is -1.98. The molecule has 2 atom stereocenters. The zero-order valence-corrected chi connectivity index (χ0v) is 16.4. The third-order valence-corrected chi connectivity index (χ3v) is 5.51. The molecule has 0 aliphatic carbocycles. The van der Waals surface area contributed by atoms with Crippen molar-refractivity contribution in [2.24, 2.45) is 0 Å². The van der Waals surface area contributed by atoms with E-state index in [1.165, 1.54) is 5.56 Å². The van der Waals surface area contributed by atoms with Gasteiger partial charge in [0.15, 0.2) is 0 Å². The number of nitrogens with zero attached hydrogens (tertiary/aromatic N) is 2. The molecule has 0 radical (unpaired) electrons. The van der Waals surface area contributed by atoms with Crippen LogP contribution in [0.5, 0.6) is 0 Å². The number of nitrogens with one attached hydrogen (secondary N) is 3. The average molecular weight is 400 g/mol. The molecule has 1 aliphatic heterocycles. The molecule has 1 aliphatic rings. The highest BCUT2D eigenvalue weighted by Crippen LogP contribution is 2.21. The summed E-state index contributed by atoms with van der Waals surface area (Å²) in [6.07, 6.45) is 4.17. The number of piperidine rings is 1. The first-order chi connectivity index (χ1) is 13.7. The molecule has 2 heterocycles. The summed E-state index contributed by atoms with van der Waals surface area (Å²) in [4.78, 5) is 2.47. The number of H-pyrrole nitrogens is 1. The first-order valence-corrected chi connectivity index (χ1v) is 10.6. The lowest BCUT2D eigenvalue weighted by molar-refractivity contribution is 0.208. The van der Waals surface area contributed by atoms with Gasteiger partial charge in [-0.05, 0) is 48.7 Å². The van der Waals surface area contributed by atoms with E-state index in [-0.39, 0.29) is 0 Å². The van der Waals surface area contributed by atoms with Crippen LogP contribution in [-0.4, -0.2) is 43.0 Å². The largest absolute Gasteiger partial charge is 0.381 e. The number of aromatic nitrogens is 2. The lowest BCUT2D eigenvalue weighted by atomic mass is 10.0. The van der Waals surface area contributed by atoms with E-state index in [1.54, 1.807) is 0 Å². The van der Waals surface area contributed by atoms with Crippen molar-refractivity contribution in [2.75, 3.05) is 18.4 Å². The highest BCUT2D eigenvalue weighted by atomic mass is 32.2. The van der Waals surface area contributed by atoms with E-state index < -0.39 is 11.3 Å². The third-order valence-electron chi connectivity index (χ3n) is 5.11. The molecule has 3 aromatic rings. The van der Waals surface area contributed by atoms with Gasteiger partial charge in [0.25, 0.3) is 0 Å². The summed E-state index contributed by atoms with van der Waals surface area (Å²) in [6, 6.07) is 14.9. The van der Waals surface area contributed by atoms with Crippen LogP contribution in [0.25, 0.3) is 10.9 Å². The van der Waals surface area contributed by atoms with Gasteiger partial charge in [0.2, 0.25) is 11.3 Å². The van der Waals surface area contributed by atoms with Crippen LogP contribution < -0.4 is 10.0 Å². The topological polar surface area (TPSA) is 93.3 Å². The maximum Gasteiger partial charge on any atom is 0.232 e. The van der Waals surface area contributed by atoms with E-state index >= 15 is 0 Å². The Bertz CT molecular complexity index is 960. The Morgan fingerprint density at radius 2 is 2.14 bits per heavy atom. The Hall–Kier alpha value is -2.26. The first kappa shape index (κ1) is 19.1. The summed E-state index contributed by atoms with van der Waals surface area (Å²) >= 11 is -1.98. The number of benzene rings is 2. The van der Waals surface area contributed by atoms with Crippen molar-refractivity contribution in [3.8, 4) is 0 Å². The number of aromatic amines is 1. The fourth-order valence-corrected chi connectivity index (χ4v) is 4.12. The zero-order chi connectivity index (χ0) is 19.3. The van der Waals surface area contributed by atoms with Gasteiger partial charge in [-0.15, -0.1) is 0 Å². The standard InChI is InChI=1S/C20H25N5O2S/c26-28(27)22-11-15-3-1-4-16(9-15)13-25-8-2-5-19(14-25)23-18-6-7-20-17(10-18)12-21-24-20/h1,3-4,6-7,9-10,12,19,22-23H,2,5,8,11,13-14H2,(H,21,24)(H,26,27)/t19-/m0/s1. The van der Waals surface area contributed by atoms with Gasteiger partial charge in [-0.2, -0.15) is 5.10 Å². The SMILES string of the molecule is O=S(O)NCc1cccc(CN2CCC[C@H](Nc3ccc4[nH]ncc4c3)C2)c1. The van der Waals surface area contributed by atoms with E-state index in [2.05, 4.69) is 55.5 Å². The molecule has 4 rings (SSSR count). The average Bonchev–Trinajstić information content (AvgIpc) is 3.15. The Morgan fingerprint density at radius 3 is 3.04 bits per heavy atom. The Labute approximate surface area is 166 Å². The predicted molar refractivity (Wildman–Crippen MR) is 112 cm³/mol. The number of fused-ring (bicyclic) bond motifs is 1. The molecule has 8 heteroatoms. The van der Waals surface area contributed by atoms with Gasteiger partial charge >= 0.3 is 0 Å². The van der Waals surface area contributed by atoms with Crippen LogP contribution >= 0.6 is 0 Å². The molecule has 1 unspecified atom stereocenters. The van der Waals surface area contributed by atoms with Crippen LogP contribution in [0.15, 0.2) is 48.7 Å². The summed E-state index contributed by atoms with van der Waals surface area (Å²) in [5.74, 6) is 0. The minimum Gasteiger partial charge on any atom is -0.381 e. The van der Waals surface area contributed by atoms with Crippen LogP contribution in [0.1, 0.15) is 24.0 Å². The van der Waals surface area contributed by atoms with E-state index in [1.807, 2.05) is 18.3 Å². The van der Waals surface area contributed by atoms with Gasteiger partial charge in [0.1, 0.15) is 0 Å². The minimum absolute atomic E-state index is 0.387. The van der Waals surface area contributed by atoms with E-state index in [4.69, 9.17) is 4.55 Å². The number of hydrogen-bond donors (Lipinski definition) is 4. The summed E-state index contributed by atoms with van der Waals surface area (Å²) in [5.41, 5.74) is 4.42. The molecule has 2 aromatic carbocycles. The lowest BCUT2D eigenvalue weighted by Crippen LogP contribution is -2.41. The van der Waals surface area contributed by atoms with Crippen molar-refractivity contribution >= 4 is 27.9 Å². The van der Waals surface area contributed by atoms with Crippen LogP contribution in [0, 0.1) is 0 Å². The van der Waals surface area contributed by atoms with Gasteiger partial charge in [0, 0.05) is 36.7 Å². The molecule has 7 nitrogen and oxygen atoms in total. The molecular weight excluding hydrogens is 374 g/mol. The quantitative estimate of drug-likeness (QED) is 0.459. The third kappa shape index (κ3) is 4.96. The molecule has 28 heavy (non-hydrogen) atoms. The van der Waals surface area contributed by atoms with Crippen molar-refractivity contribution < 1.29 is 8.76 Å². The zero-order valence-electron chi connectivity index (χ0n) is 15.6. The van der Waals surface area contributed by atoms with Crippen molar-refractivity contribution in [1.29, 1.82) is 0 Å². The smallest absolute Gasteiger partial charge is 0.232 e. The monoisotopic (exact) mass is 399 g/mol. The van der Waals surface area contributed by atoms with Crippen LogP contribution in [0.3, 0.4) is 0 Å². The summed E-state index contributed by atoms with van der Waals surface area (Å²) in [7, 11) is 0. The van der Waals surface area contributed by atoms with Crippen LogP contribution in [0.2, 0.25) is 0 Å². The van der Waals surface area contributed by atoms with Crippen molar-refractivity contribution in [3.63, 3.8) is 0 Å². The van der Waals surface area contributed by atoms with E-state index in [9.17, 15) is 4.21 Å². The first-order valence-electron chi connectivity index (χ1n) is 9.50. The van der Waals surface area contributed by atoms with Crippen molar-refractivity contribution in [1.82, 2.24) is 19.8 Å². The fraction of sp³-hybridized carbons (Fsp3) is 0.350. The number of likely N-dealkylation sites (tertiary alicyclic amines) is 1. The molecule has 0 amide bonds. The normalized spacial score (nSPS) is 19.0. The van der Waals surface area contributed by atoms with E-state index in [0.29, 0.717) is 12.6 Å². The van der Waals surface area contributed by atoms with Gasteiger partial charge in [-0.3, -0.25) is 14.6 Å². The van der Waals surface area contributed by atoms with Crippen molar-refractivity contribution in [2.45, 2.75) is 32.0 Å².